The van der Waals surface area contributed by atoms with Gasteiger partial charge in [-0.05, 0) is 44.7 Å². The summed E-state index contributed by atoms with van der Waals surface area (Å²) in [5.41, 5.74) is 2.30. The molecule has 0 radical (unpaired) electrons. The lowest BCUT2D eigenvalue weighted by molar-refractivity contribution is 0.339. The highest BCUT2D eigenvalue weighted by Crippen LogP contribution is 2.26. The Balaban J connectivity index is 2.29. The molecule has 1 aromatic carbocycles. The minimum atomic E-state index is 0.128. The Morgan fingerprint density at radius 3 is 2.72 bits per heavy atom. The van der Waals surface area contributed by atoms with Crippen molar-refractivity contribution < 1.29 is 9.15 Å². The number of ether oxygens (including phenoxy) is 1. The first-order chi connectivity index (χ1) is 8.74. The van der Waals surface area contributed by atoms with E-state index in [0.717, 1.165) is 17.1 Å². The van der Waals surface area contributed by atoms with Crippen molar-refractivity contribution in [3.8, 4) is 5.75 Å². The minimum Gasteiger partial charge on any atom is -0.494 e. The Labute approximate surface area is 108 Å². The first kappa shape index (κ1) is 12.7. The molecule has 0 aliphatic carbocycles. The highest BCUT2D eigenvalue weighted by Gasteiger charge is 2.14. The van der Waals surface area contributed by atoms with Crippen LogP contribution in [0.25, 0.3) is 0 Å². The molecule has 0 fully saturated rings. The first-order valence-corrected chi connectivity index (χ1v) is 6.19. The molecule has 1 aromatic heterocycles. The molecule has 96 valence electrons. The quantitative estimate of drug-likeness (QED) is 0.877. The van der Waals surface area contributed by atoms with Crippen LogP contribution in [0.1, 0.15) is 29.9 Å². The van der Waals surface area contributed by atoms with Crippen molar-refractivity contribution in [3.05, 3.63) is 53.5 Å². The predicted octanol–water partition coefficient (Wildman–Crippen LogP) is 3.30. The van der Waals surface area contributed by atoms with Crippen LogP contribution in [-0.2, 0) is 0 Å². The summed E-state index contributed by atoms with van der Waals surface area (Å²) in [6.45, 7) is 4.62. The number of hydrogen-bond donors (Lipinski definition) is 1. The van der Waals surface area contributed by atoms with Crippen molar-refractivity contribution in [2.45, 2.75) is 19.9 Å². The molecule has 1 N–H and O–H groups in total. The van der Waals surface area contributed by atoms with Gasteiger partial charge in [0.05, 0.1) is 18.9 Å². The molecule has 0 saturated carbocycles. The topological polar surface area (TPSA) is 34.4 Å². The maximum absolute atomic E-state index is 5.53. The van der Waals surface area contributed by atoms with E-state index >= 15 is 0 Å². The fourth-order valence-corrected chi connectivity index (χ4v) is 2.09. The zero-order valence-corrected chi connectivity index (χ0v) is 11.1. The van der Waals surface area contributed by atoms with E-state index < -0.39 is 0 Å². The zero-order valence-electron chi connectivity index (χ0n) is 11.1. The van der Waals surface area contributed by atoms with Crippen molar-refractivity contribution in [1.82, 2.24) is 5.32 Å². The summed E-state index contributed by atoms with van der Waals surface area (Å²) >= 11 is 0. The van der Waals surface area contributed by atoms with Gasteiger partial charge in [-0.1, -0.05) is 12.1 Å². The highest BCUT2D eigenvalue weighted by atomic mass is 16.5. The van der Waals surface area contributed by atoms with Gasteiger partial charge in [-0.15, -0.1) is 0 Å². The maximum atomic E-state index is 5.53. The van der Waals surface area contributed by atoms with Gasteiger partial charge in [0.25, 0.3) is 0 Å². The van der Waals surface area contributed by atoms with Crippen molar-refractivity contribution in [2.24, 2.45) is 0 Å². The minimum absolute atomic E-state index is 0.128. The first-order valence-electron chi connectivity index (χ1n) is 6.19. The van der Waals surface area contributed by atoms with Gasteiger partial charge < -0.3 is 14.5 Å². The van der Waals surface area contributed by atoms with E-state index in [0.29, 0.717) is 6.61 Å². The summed E-state index contributed by atoms with van der Waals surface area (Å²) in [6.07, 6.45) is 1.80. The largest absolute Gasteiger partial charge is 0.494 e. The lowest BCUT2D eigenvalue weighted by Crippen LogP contribution is -2.17. The van der Waals surface area contributed by atoms with Crippen molar-refractivity contribution in [2.75, 3.05) is 13.7 Å². The smallest absolute Gasteiger partial charge is 0.119 e. The summed E-state index contributed by atoms with van der Waals surface area (Å²) in [7, 11) is 1.94. The van der Waals surface area contributed by atoms with Gasteiger partial charge in [0.1, 0.15) is 11.5 Å². The third-order valence-corrected chi connectivity index (χ3v) is 2.88. The van der Waals surface area contributed by atoms with E-state index in [1.54, 1.807) is 6.26 Å². The molecule has 1 heterocycles. The fourth-order valence-electron chi connectivity index (χ4n) is 2.09. The molecule has 0 aliphatic rings. The predicted molar refractivity (Wildman–Crippen MR) is 72.0 cm³/mol. The third-order valence-electron chi connectivity index (χ3n) is 2.88. The lowest BCUT2D eigenvalue weighted by atomic mass is 10.0. The molecule has 0 bridgehead atoms. The van der Waals surface area contributed by atoms with Gasteiger partial charge in [-0.3, -0.25) is 0 Å². The number of aryl methyl sites for hydroxylation is 1. The van der Waals surface area contributed by atoms with E-state index in [2.05, 4.69) is 23.5 Å². The molecule has 0 amide bonds. The van der Waals surface area contributed by atoms with Crippen LogP contribution in [0, 0.1) is 6.92 Å². The molecule has 3 nitrogen and oxygen atoms in total. The van der Waals surface area contributed by atoms with Crippen LogP contribution in [0.3, 0.4) is 0 Å². The van der Waals surface area contributed by atoms with Crippen LogP contribution >= 0.6 is 0 Å². The number of nitrogens with one attached hydrogen (secondary N) is 1. The van der Waals surface area contributed by atoms with Crippen LogP contribution in [0.5, 0.6) is 5.75 Å². The van der Waals surface area contributed by atoms with Gasteiger partial charge in [-0.2, -0.15) is 0 Å². The van der Waals surface area contributed by atoms with E-state index in [-0.39, 0.29) is 6.04 Å². The molecule has 0 spiro atoms. The van der Waals surface area contributed by atoms with Gasteiger partial charge in [-0.25, -0.2) is 0 Å². The van der Waals surface area contributed by atoms with Crippen LogP contribution in [-0.4, -0.2) is 13.7 Å². The second kappa shape index (κ2) is 5.74. The van der Waals surface area contributed by atoms with E-state index in [4.69, 9.17) is 9.15 Å². The zero-order chi connectivity index (χ0) is 13.0. The molecule has 2 rings (SSSR count). The number of rotatable bonds is 5. The molecule has 1 unspecified atom stereocenters. The van der Waals surface area contributed by atoms with Crippen LogP contribution < -0.4 is 10.1 Å². The Morgan fingerprint density at radius 2 is 2.11 bits per heavy atom. The fraction of sp³-hybridized carbons (Fsp3) is 0.333. The van der Waals surface area contributed by atoms with E-state index in [1.807, 2.05) is 33.0 Å². The van der Waals surface area contributed by atoms with Crippen LogP contribution in [0.15, 0.2) is 41.0 Å². The monoisotopic (exact) mass is 245 g/mol. The second-order valence-corrected chi connectivity index (χ2v) is 4.22. The van der Waals surface area contributed by atoms with Gasteiger partial charge in [0.15, 0.2) is 0 Å². The summed E-state index contributed by atoms with van der Waals surface area (Å²) in [6, 6.07) is 10.3. The Hall–Kier alpha value is -1.74. The highest BCUT2D eigenvalue weighted by molar-refractivity contribution is 5.36. The standard InChI is InChI=1S/C15H19NO2/c1-4-17-14-7-5-6-12(9-14)15(16-3)13-8-11(2)18-10-13/h5-10,15-16H,4H2,1-3H3. The SMILES string of the molecule is CCOc1cccc(C(NC)c2coc(C)c2)c1. The maximum Gasteiger partial charge on any atom is 0.119 e. The van der Waals surface area contributed by atoms with Gasteiger partial charge in [0, 0.05) is 5.56 Å². The third kappa shape index (κ3) is 2.74. The Bertz CT molecular complexity index is 505. The normalized spacial score (nSPS) is 12.4. The van der Waals surface area contributed by atoms with Gasteiger partial charge >= 0.3 is 0 Å². The van der Waals surface area contributed by atoms with E-state index in [1.165, 1.54) is 5.56 Å². The molecule has 0 aliphatic heterocycles. The number of benzene rings is 1. The molecule has 2 aromatic rings. The van der Waals surface area contributed by atoms with Crippen molar-refractivity contribution >= 4 is 0 Å². The Kier molecular flexibility index (Phi) is 4.05. The molecular formula is C15H19NO2. The Morgan fingerprint density at radius 1 is 1.28 bits per heavy atom. The summed E-state index contributed by atoms with van der Waals surface area (Å²) < 4.78 is 10.9. The average molecular weight is 245 g/mol. The van der Waals surface area contributed by atoms with Crippen LogP contribution in [0.4, 0.5) is 0 Å². The second-order valence-electron chi connectivity index (χ2n) is 4.22. The van der Waals surface area contributed by atoms with Gasteiger partial charge in [0.2, 0.25) is 0 Å². The number of hydrogen-bond acceptors (Lipinski definition) is 3. The van der Waals surface area contributed by atoms with Crippen LogP contribution in [0.2, 0.25) is 0 Å². The molecular weight excluding hydrogens is 226 g/mol. The summed E-state index contributed by atoms with van der Waals surface area (Å²) in [5, 5.41) is 3.30. The lowest BCUT2D eigenvalue weighted by Gasteiger charge is -2.16. The summed E-state index contributed by atoms with van der Waals surface area (Å²) in [5.74, 6) is 1.82. The van der Waals surface area contributed by atoms with E-state index in [9.17, 15) is 0 Å². The average Bonchev–Trinajstić information content (AvgIpc) is 2.78. The molecule has 1 atom stereocenters. The van der Waals surface area contributed by atoms with Crippen molar-refractivity contribution in [3.63, 3.8) is 0 Å². The number of furan rings is 1. The molecule has 0 saturated heterocycles. The molecule has 18 heavy (non-hydrogen) atoms. The van der Waals surface area contributed by atoms with Crippen molar-refractivity contribution in [1.29, 1.82) is 0 Å². The summed E-state index contributed by atoms with van der Waals surface area (Å²) in [4.78, 5) is 0. The molecule has 3 heteroatoms.